The first-order valence-corrected chi connectivity index (χ1v) is 8.69. The molecule has 0 saturated heterocycles. The summed E-state index contributed by atoms with van der Waals surface area (Å²) in [6, 6.07) is 15.0. The Bertz CT molecular complexity index is 917. The van der Waals surface area contributed by atoms with Crippen molar-refractivity contribution in [2.45, 2.75) is 4.90 Å². The molecule has 0 radical (unpaired) electrons. The molecular formula is C18H15NO4S. The summed E-state index contributed by atoms with van der Waals surface area (Å²) in [7, 11) is -3.68. The third kappa shape index (κ3) is 2.83. The van der Waals surface area contributed by atoms with Crippen molar-refractivity contribution in [2.24, 2.45) is 0 Å². The van der Waals surface area contributed by atoms with Gasteiger partial charge in [0.2, 0.25) is 0 Å². The van der Waals surface area contributed by atoms with Gasteiger partial charge in [-0.05, 0) is 24.3 Å². The molecule has 6 heteroatoms. The molecule has 1 aliphatic heterocycles. The molecule has 2 aromatic carbocycles. The highest BCUT2D eigenvalue weighted by molar-refractivity contribution is 7.89. The predicted octanol–water partition coefficient (Wildman–Crippen LogP) is 3.03. The van der Waals surface area contributed by atoms with Gasteiger partial charge in [-0.2, -0.15) is 0 Å². The molecule has 0 fully saturated rings. The first-order valence-electron chi connectivity index (χ1n) is 7.25. The number of carbonyl (C=O) groups is 1. The highest BCUT2D eigenvalue weighted by atomic mass is 32.2. The highest BCUT2D eigenvalue weighted by Gasteiger charge is 2.32. The number of hydrogen-bond acceptors (Lipinski definition) is 4. The normalized spacial score (nSPS) is 15.2. The monoisotopic (exact) mass is 341 g/mol. The fourth-order valence-corrected chi connectivity index (χ4v) is 3.87. The summed E-state index contributed by atoms with van der Waals surface area (Å²) in [5.41, 5.74) is 0.752. The SMILES string of the molecule is C=CCN1C=C(OC(=O)c2ccccc2)c2ccccc2S1(=O)=O. The topological polar surface area (TPSA) is 63.7 Å². The van der Waals surface area contributed by atoms with E-state index in [9.17, 15) is 13.2 Å². The number of fused-ring (bicyclic) bond motifs is 1. The van der Waals surface area contributed by atoms with E-state index in [0.29, 0.717) is 11.1 Å². The molecule has 1 aliphatic rings. The number of hydrogen-bond donors (Lipinski definition) is 0. The molecule has 0 aromatic heterocycles. The van der Waals surface area contributed by atoms with Crippen LogP contribution < -0.4 is 0 Å². The maximum Gasteiger partial charge on any atom is 0.343 e. The van der Waals surface area contributed by atoms with Gasteiger partial charge in [0.15, 0.2) is 5.76 Å². The lowest BCUT2D eigenvalue weighted by Gasteiger charge is -2.26. The molecule has 1 heterocycles. The van der Waals surface area contributed by atoms with Gasteiger partial charge in [0.1, 0.15) is 0 Å². The van der Waals surface area contributed by atoms with Gasteiger partial charge in [-0.25, -0.2) is 13.2 Å². The second-order valence-electron chi connectivity index (χ2n) is 5.11. The third-order valence-electron chi connectivity index (χ3n) is 3.52. The van der Waals surface area contributed by atoms with E-state index in [2.05, 4.69) is 6.58 Å². The van der Waals surface area contributed by atoms with Crippen molar-refractivity contribution in [2.75, 3.05) is 6.54 Å². The lowest BCUT2D eigenvalue weighted by molar-refractivity contribution is 0.0689. The van der Waals surface area contributed by atoms with Crippen LogP contribution in [0.15, 0.2) is 78.3 Å². The van der Waals surface area contributed by atoms with E-state index in [-0.39, 0.29) is 17.2 Å². The minimum absolute atomic E-state index is 0.0864. The Morgan fingerprint density at radius 1 is 1.08 bits per heavy atom. The molecule has 0 spiro atoms. The van der Waals surface area contributed by atoms with Gasteiger partial charge in [0, 0.05) is 5.56 Å². The van der Waals surface area contributed by atoms with Crippen molar-refractivity contribution in [1.82, 2.24) is 4.31 Å². The largest absolute Gasteiger partial charge is 0.421 e. The minimum Gasteiger partial charge on any atom is -0.421 e. The van der Waals surface area contributed by atoms with E-state index in [1.807, 2.05) is 0 Å². The Morgan fingerprint density at radius 3 is 2.46 bits per heavy atom. The molecular weight excluding hydrogens is 326 g/mol. The number of ether oxygens (including phenoxy) is 1. The van der Waals surface area contributed by atoms with Crippen LogP contribution in [0.1, 0.15) is 15.9 Å². The molecule has 0 aliphatic carbocycles. The predicted molar refractivity (Wildman–Crippen MR) is 90.4 cm³/mol. The molecule has 3 rings (SSSR count). The Labute approximate surface area is 140 Å². The van der Waals surface area contributed by atoms with Gasteiger partial charge < -0.3 is 4.74 Å². The van der Waals surface area contributed by atoms with Gasteiger partial charge in [-0.15, -0.1) is 6.58 Å². The number of carbonyl (C=O) groups excluding carboxylic acids is 1. The lowest BCUT2D eigenvalue weighted by atomic mass is 10.2. The molecule has 2 aromatic rings. The van der Waals surface area contributed by atoms with Crippen LogP contribution in [0.5, 0.6) is 0 Å². The Hall–Kier alpha value is -2.86. The summed E-state index contributed by atoms with van der Waals surface area (Å²) in [5.74, 6) is -0.356. The Kier molecular flexibility index (Phi) is 4.22. The Balaban J connectivity index is 2.03. The summed E-state index contributed by atoms with van der Waals surface area (Å²) < 4.78 is 31.7. The van der Waals surface area contributed by atoms with Crippen LogP contribution in [0.3, 0.4) is 0 Å². The second kappa shape index (κ2) is 6.33. The zero-order valence-corrected chi connectivity index (χ0v) is 13.6. The summed E-state index contributed by atoms with van der Waals surface area (Å²) in [4.78, 5) is 12.4. The molecule has 24 heavy (non-hydrogen) atoms. The molecule has 5 nitrogen and oxygen atoms in total. The van der Waals surface area contributed by atoms with Crippen LogP contribution in [0.4, 0.5) is 0 Å². The summed E-state index contributed by atoms with van der Waals surface area (Å²) in [5, 5.41) is 0. The minimum atomic E-state index is -3.68. The number of sulfonamides is 1. The van der Waals surface area contributed by atoms with E-state index in [1.54, 1.807) is 48.5 Å². The maximum atomic E-state index is 12.6. The van der Waals surface area contributed by atoms with Crippen LogP contribution in [0.2, 0.25) is 0 Å². The summed E-state index contributed by atoms with van der Waals surface area (Å²) >= 11 is 0. The fourth-order valence-electron chi connectivity index (χ4n) is 2.38. The smallest absolute Gasteiger partial charge is 0.343 e. The first kappa shape index (κ1) is 16.0. The summed E-state index contributed by atoms with van der Waals surface area (Å²) in [6.45, 7) is 3.65. The number of rotatable bonds is 4. The van der Waals surface area contributed by atoms with Crippen LogP contribution in [-0.2, 0) is 14.8 Å². The molecule has 0 atom stereocenters. The summed E-state index contributed by atoms with van der Waals surface area (Å²) in [6.07, 6.45) is 2.79. The standard InChI is InChI=1S/C18H15NO4S/c1-2-12-19-13-16(23-18(20)14-8-4-3-5-9-14)15-10-6-7-11-17(15)24(19,21)22/h2-11,13H,1,12H2. The number of nitrogens with zero attached hydrogens (tertiary/aromatic N) is 1. The third-order valence-corrected chi connectivity index (χ3v) is 5.31. The average Bonchev–Trinajstić information content (AvgIpc) is 2.60. The van der Waals surface area contributed by atoms with E-state index >= 15 is 0 Å². The Morgan fingerprint density at radius 2 is 1.75 bits per heavy atom. The molecule has 122 valence electrons. The maximum absolute atomic E-state index is 12.6. The van der Waals surface area contributed by atoms with Crippen molar-refractivity contribution in [3.05, 3.63) is 84.6 Å². The second-order valence-corrected chi connectivity index (χ2v) is 6.97. The van der Waals surface area contributed by atoms with Crippen molar-refractivity contribution < 1.29 is 17.9 Å². The number of benzene rings is 2. The lowest BCUT2D eigenvalue weighted by Crippen LogP contribution is -2.31. The number of esters is 1. The van der Waals surface area contributed by atoms with E-state index in [1.165, 1.54) is 18.3 Å². The zero-order chi connectivity index (χ0) is 17.2. The van der Waals surface area contributed by atoms with Crippen molar-refractivity contribution in [3.63, 3.8) is 0 Å². The molecule has 0 saturated carbocycles. The van der Waals surface area contributed by atoms with Gasteiger partial charge in [-0.1, -0.05) is 36.4 Å². The highest BCUT2D eigenvalue weighted by Crippen LogP contribution is 2.33. The first-order chi connectivity index (χ1) is 11.5. The van der Waals surface area contributed by atoms with Gasteiger partial charge in [-0.3, -0.25) is 4.31 Å². The van der Waals surface area contributed by atoms with E-state index in [0.717, 1.165) is 4.31 Å². The van der Waals surface area contributed by atoms with Crippen LogP contribution in [0.25, 0.3) is 5.76 Å². The van der Waals surface area contributed by atoms with Crippen molar-refractivity contribution in [1.29, 1.82) is 0 Å². The molecule has 0 N–H and O–H groups in total. The molecule has 0 amide bonds. The van der Waals surface area contributed by atoms with Gasteiger partial charge in [0.05, 0.1) is 23.2 Å². The molecule has 0 unspecified atom stereocenters. The zero-order valence-electron chi connectivity index (χ0n) is 12.8. The van der Waals surface area contributed by atoms with Crippen LogP contribution in [-0.4, -0.2) is 25.2 Å². The fraction of sp³-hybridized carbons (Fsp3) is 0.0556. The average molecular weight is 341 g/mol. The van der Waals surface area contributed by atoms with Crippen molar-refractivity contribution in [3.8, 4) is 0 Å². The van der Waals surface area contributed by atoms with Gasteiger partial charge >= 0.3 is 5.97 Å². The molecule has 0 bridgehead atoms. The van der Waals surface area contributed by atoms with E-state index < -0.39 is 16.0 Å². The quantitative estimate of drug-likeness (QED) is 0.633. The van der Waals surface area contributed by atoms with Crippen LogP contribution in [0, 0.1) is 0 Å². The van der Waals surface area contributed by atoms with Gasteiger partial charge in [0.25, 0.3) is 10.0 Å². The van der Waals surface area contributed by atoms with E-state index in [4.69, 9.17) is 4.74 Å². The van der Waals surface area contributed by atoms with Crippen LogP contribution >= 0.6 is 0 Å². The van der Waals surface area contributed by atoms with Crippen molar-refractivity contribution >= 4 is 21.8 Å².